The Kier molecular flexibility index (Phi) is 5.86. The second-order valence-electron chi connectivity index (χ2n) is 5.24. The summed E-state index contributed by atoms with van der Waals surface area (Å²) in [5.74, 6) is 0.762. The van der Waals surface area contributed by atoms with Crippen molar-refractivity contribution in [1.82, 2.24) is 5.32 Å². The smallest absolute Gasteiger partial charge is 0.218 e. The Morgan fingerprint density at radius 1 is 1.22 bits per heavy atom. The summed E-state index contributed by atoms with van der Waals surface area (Å²) in [6, 6.07) is 10.6. The standard InChI is InChI=1S/C15H24N2O/c1-11(2)14(13-7-5-4-6-8-13)10-17-12(3)9-15(16)18/h4-8,11-12,14,17H,9-10H2,1-3H3,(H2,16,18). The molecule has 0 aliphatic rings. The van der Waals surface area contributed by atoms with Crippen molar-refractivity contribution in [2.75, 3.05) is 6.54 Å². The Balaban J connectivity index is 2.57. The summed E-state index contributed by atoms with van der Waals surface area (Å²) in [5, 5.41) is 3.39. The van der Waals surface area contributed by atoms with Crippen LogP contribution >= 0.6 is 0 Å². The highest BCUT2D eigenvalue weighted by Gasteiger charge is 2.16. The van der Waals surface area contributed by atoms with Crippen LogP contribution in [0.4, 0.5) is 0 Å². The summed E-state index contributed by atoms with van der Waals surface area (Å²) in [7, 11) is 0. The van der Waals surface area contributed by atoms with Gasteiger partial charge in [-0.2, -0.15) is 0 Å². The van der Waals surface area contributed by atoms with E-state index in [4.69, 9.17) is 5.73 Å². The SMILES string of the molecule is CC(CC(N)=O)NCC(c1ccccc1)C(C)C. The quantitative estimate of drug-likeness (QED) is 0.778. The largest absolute Gasteiger partial charge is 0.370 e. The number of nitrogens with one attached hydrogen (secondary N) is 1. The van der Waals surface area contributed by atoms with Gasteiger partial charge in [-0.1, -0.05) is 44.2 Å². The number of carbonyl (C=O) groups excluding carboxylic acids is 1. The monoisotopic (exact) mass is 248 g/mol. The fourth-order valence-corrected chi connectivity index (χ4v) is 2.14. The molecule has 0 fully saturated rings. The average Bonchev–Trinajstić information content (AvgIpc) is 2.29. The van der Waals surface area contributed by atoms with Crippen molar-refractivity contribution in [2.24, 2.45) is 11.7 Å². The molecule has 0 aliphatic carbocycles. The molecule has 1 aromatic carbocycles. The van der Waals surface area contributed by atoms with Crippen LogP contribution in [-0.2, 0) is 4.79 Å². The van der Waals surface area contributed by atoms with Gasteiger partial charge in [-0.25, -0.2) is 0 Å². The van der Waals surface area contributed by atoms with E-state index in [1.54, 1.807) is 0 Å². The first-order valence-corrected chi connectivity index (χ1v) is 6.57. The molecule has 0 heterocycles. The summed E-state index contributed by atoms with van der Waals surface area (Å²) in [5.41, 5.74) is 6.53. The molecule has 1 amide bonds. The second kappa shape index (κ2) is 7.17. The van der Waals surface area contributed by atoms with Crippen LogP contribution in [0.15, 0.2) is 30.3 Å². The predicted octanol–water partition coefficient (Wildman–Crippen LogP) is 2.28. The molecule has 0 aliphatic heterocycles. The number of rotatable bonds is 7. The number of hydrogen-bond donors (Lipinski definition) is 2. The van der Waals surface area contributed by atoms with E-state index in [-0.39, 0.29) is 11.9 Å². The van der Waals surface area contributed by atoms with Gasteiger partial charge in [-0.05, 0) is 24.3 Å². The van der Waals surface area contributed by atoms with Gasteiger partial charge in [0.1, 0.15) is 0 Å². The lowest BCUT2D eigenvalue weighted by Gasteiger charge is -2.24. The van der Waals surface area contributed by atoms with Crippen molar-refractivity contribution in [3.63, 3.8) is 0 Å². The van der Waals surface area contributed by atoms with E-state index in [1.807, 2.05) is 13.0 Å². The number of amides is 1. The highest BCUT2D eigenvalue weighted by Crippen LogP contribution is 2.23. The lowest BCUT2D eigenvalue weighted by atomic mass is 9.88. The van der Waals surface area contributed by atoms with Crippen LogP contribution in [0.5, 0.6) is 0 Å². The minimum Gasteiger partial charge on any atom is -0.370 e. The number of benzene rings is 1. The fraction of sp³-hybridized carbons (Fsp3) is 0.533. The van der Waals surface area contributed by atoms with Crippen molar-refractivity contribution < 1.29 is 4.79 Å². The molecule has 3 nitrogen and oxygen atoms in total. The maximum atomic E-state index is 10.8. The molecule has 2 unspecified atom stereocenters. The highest BCUT2D eigenvalue weighted by molar-refractivity contribution is 5.74. The summed E-state index contributed by atoms with van der Waals surface area (Å²) >= 11 is 0. The van der Waals surface area contributed by atoms with E-state index in [1.165, 1.54) is 5.56 Å². The van der Waals surface area contributed by atoms with E-state index in [9.17, 15) is 4.79 Å². The zero-order chi connectivity index (χ0) is 13.5. The Hall–Kier alpha value is -1.35. The van der Waals surface area contributed by atoms with Gasteiger partial charge < -0.3 is 11.1 Å². The average molecular weight is 248 g/mol. The minimum absolute atomic E-state index is 0.132. The Morgan fingerprint density at radius 2 is 1.83 bits per heavy atom. The summed E-state index contributed by atoms with van der Waals surface area (Å²) in [6.45, 7) is 7.31. The molecule has 1 aromatic rings. The number of nitrogens with two attached hydrogens (primary N) is 1. The van der Waals surface area contributed by atoms with Gasteiger partial charge >= 0.3 is 0 Å². The summed E-state index contributed by atoms with van der Waals surface area (Å²) in [6.07, 6.45) is 0.388. The lowest BCUT2D eigenvalue weighted by Crippen LogP contribution is -2.35. The molecule has 0 aromatic heterocycles. The molecule has 0 spiro atoms. The molecule has 3 heteroatoms. The third kappa shape index (κ3) is 4.88. The molecule has 18 heavy (non-hydrogen) atoms. The van der Waals surface area contributed by atoms with Crippen molar-refractivity contribution in [3.8, 4) is 0 Å². The molecule has 0 radical (unpaired) electrons. The Labute approximate surface area is 110 Å². The maximum absolute atomic E-state index is 10.8. The molecule has 3 N–H and O–H groups in total. The van der Waals surface area contributed by atoms with Crippen LogP contribution in [0.3, 0.4) is 0 Å². The lowest BCUT2D eigenvalue weighted by molar-refractivity contribution is -0.118. The molecule has 0 saturated carbocycles. The molecule has 0 bridgehead atoms. The zero-order valence-corrected chi connectivity index (χ0v) is 11.5. The van der Waals surface area contributed by atoms with E-state index in [0.29, 0.717) is 18.3 Å². The number of primary amides is 1. The van der Waals surface area contributed by atoms with E-state index in [2.05, 4.69) is 43.4 Å². The van der Waals surface area contributed by atoms with Crippen LogP contribution in [-0.4, -0.2) is 18.5 Å². The number of carbonyl (C=O) groups is 1. The molecule has 0 saturated heterocycles. The normalized spacial score (nSPS) is 14.4. The van der Waals surface area contributed by atoms with Crippen LogP contribution in [0.25, 0.3) is 0 Å². The fourth-order valence-electron chi connectivity index (χ4n) is 2.14. The van der Waals surface area contributed by atoms with Crippen molar-refractivity contribution >= 4 is 5.91 Å². The van der Waals surface area contributed by atoms with E-state index < -0.39 is 0 Å². The van der Waals surface area contributed by atoms with Gasteiger partial charge in [0.2, 0.25) is 5.91 Å². The Morgan fingerprint density at radius 3 is 2.33 bits per heavy atom. The Bertz CT molecular complexity index is 362. The number of hydrogen-bond acceptors (Lipinski definition) is 2. The summed E-state index contributed by atoms with van der Waals surface area (Å²) in [4.78, 5) is 10.8. The van der Waals surface area contributed by atoms with E-state index in [0.717, 1.165) is 6.54 Å². The van der Waals surface area contributed by atoms with Gasteiger partial charge in [0.05, 0.1) is 0 Å². The third-order valence-corrected chi connectivity index (χ3v) is 3.23. The maximum Gasteiger partial charge on any atom is 0.218 e. The van der Waals surface area contributed by atoms with Crippen molar-refractivity contribution in [2.45, 2.75) is 39.2 Å². The van der Waals surface area contributed by atoms with Crippen LogP contribution < -0.4 is 11.1 Å². The second-order valence-corrected chi connectivity index (χ2v) is 5.24. The van der Waals surface area contributed by atoms with Gasteiger partial charge in [-0.3, -0.25) is 4.79 Å². The molecular weight excluding hydrogens is 224 g/mol. The topological polar surface area (TPSA) is 55.1 Å². The van der Waals surface area contributed by atoms with Gasteiger partial charge in [0, 0.05) is 19.0 Å². The van der Waals surface area contributed by atoms with Gasteiger partial charge in [0.25, 0.3) is 0 Å². The first-order chi connectivity index (χ1) is 8.50. The molecule has 1 rings (SSSR count). The minimum atomic E-state index is -0.254. The molecule has 2 atom stereocenters. The van der Waals surface area contributed by atoms with E-state index >= 15 is 0 Å². The zero-order valence-electron chi connectivity index (χ0n) is 11.5. The van der Waals surface area contributed by atoms with Crippen molar-refractivity contribution in [1.29, 1.82) is 0 Å². The highest BCUT2D eigenvalue weighted by atomic mass is 16.1. The first-order valence-electron chi connectivity index (χ1n) is 6.57. The van der Waals surface area contributed by atoms with Gasteiger partial charge in [-0.15, -0.1) is 0 Å². The van der Waals surface area contributed by atoms with Crippen LogP contribution in [0.1, 0.15) is 38.7 Å². The van der Waals surface area contributed by atoms with Crippen LogP contribution in [0, 0.1) is 5.92 Å². The first kappa shape index (κ1) is 14.7. The van der Waals surface area contributed by atoms with Crippen molar-refractivity contribution in [3.05, 3.63) is 35.9 Å². The molecular formula is C15H24N2O. The van der Waals surface area contributed by atoms with Gasteiger partial charge in [0.15, 0.2) is 0 Å². The third-order valence-electron chi connectivity index (χ3n) is 3.23. The molecule has 100 valence electrons. The summed E-state index contributed by atoms with van der Waals surface area (Å²) < 4.78 is 0. The predicted molar refractivity (Wildman–Crippen MR) is 75.3 cm³/mol. The van der Waals surface area contributed by atoms with Crippen LogP contribution in [0.2, 0.25) is 0 Å².